The first-order valence-electron chi connectivity index (χ1n) is 13.1. The Morgan fingerprint density at radius 1 is 0.718 bits per heavy atom. The van der Waals surface area contributed by atoms with E-state index in [9.17, 15) is 35.9 Å². The molecule has 2 heterocycles. The Balaban J connectivity index is 1.37. The quantitative estimate of drug-likeness (QED) is 0.485. The number of piperazine rings is 1. The van der Waals surface area contributed by atoms with Gasteiger partial charge in [0.15, 0.2) is 0 Å². The second-order valence-corrected chi connectivity index (χ2v) is 10.6. The molecule has 2 aromatic carbocycles. The van der Waals surface area contributed by atoms with Gasteiger partial charge >= 0.3 is 12.4 Å². The number of hydrogen-bond acceptors (Lipinski definition) is 3. The van der Waals surface area contributed by atoms with Crippen molar-refractivity contribution in [3.63, 3.8) is 0 Å². The minimum atomic E-state index is -5.03. The first-order chi connectivity index (χ1) is 18.4. The van der Waals surface area contributed by atoms with Crippen molar-refractivity contribution < 1.29 is 35.9 Å². The Morgan fingerprint density at radius 2 is 1.31 bits per heavy atom. The van der Waals surface area contributed by atoms with E-state index in [0.717, 1.165) is 18.4 Å². The van der Waals surface area contributed by atoms with Crippen molar-refractivity contribution in [1.82, 2.24) is 14.7 Å². The molecule has 39 heavy (non-hydrogen) atoms. The third-order valence-corrected chi connectivity index (χ3v) is 7.95. The van der Waals surface area contributed by atoms with E-state index in [1.165, 1.54) is 4.90 Å². The van der Waals surface area contributed by atoms with Crippen LogP contribution in [0.25, 0.3) is 0 Å². The zero-order chi connectivity index (χ0) is 27.9. The Bertz CT molecular complexity index is 1170. The maximum Gasteiger partial charge on any atom is 0.416 e. The van der Waals surface area contributed by atoms with E-state index in [0.29, 0.717) is 44.7 Å². The zero-order valence-corrected chi connectivity index (χ0v) is 21.1. The van der Waals surface area contributed by atoms with Gasteiger partial charge < -0.3 is 9.80 Å². The molecule has 0 radical (unpaired) electrons. The summed E-state index contributed by atoms with van der Waals surface area (Å²) in [6.07, 6.45) is -7.67. The van der Waals surface area contributed by atoms with E-state index in [-0.39, 0.29) is 42.9 Å². The van der Waals surface area contributed by atoms with Crippen LogP contribution in [0, 0.1) is 5.92 Å². The second-order valence-electron chi connectivity index (χ2n) is 10.6. The molecule has 11 heteroatoms. The molecule has 5 nitrogen and oxygen atoms in total. The third kappa shape index (κ3) is 6.08. The van der Waals surface area contributed by atoms with Crippen LogP contribution in [0.5, 0.6) is 0 Å². The highest BCUT2D eigenvalue weighted by Crippen LogP contribution is 2.38. The summed E-state index contributed by atoms with van der Waals surface area (Å²) in [5.74, 6) is -0.695. The van der Waals surface area contributed by atoms with Gasteiger partial charge in [0.05, 0.1) is 11.1 Å². The molecule has 2 aromatic rings. The molecule has 3 fully saturated rings. The molecule has 0 N–H and O–H groups in total. The van der Waals surface area contributed by atoms with Crippen LogP contribution in [0.15, 0.2) is 48.5 Å². The fraction of sp³-hybridized carbons (Fsp3) is 0.500. The van der Waals surface area contributed by atoms with E-state index in [2.05, 4.69) is 4.90 Å². The lowest BCUT2D eigenvalue weighted by Gasteiger charge is -2.47. The fourth-order valence-electron chi connectivity index (χ4n) is 5.71. The average molecular weight is 554 g/mol. The van der Waals surface area contributed by atoms with E-state index >= 15 is 0 Å². The number of halogens is 6. The summed E-state index contributed by atoms with van der Waals surface area (Å²) in [6.45, 7) is 2.92. The van der Waals surface area contributed by atoms with Crippen LogP contribution in [0.3, 0.4) is 0 Å². The summed E-state index contributed by atoms with van der Waals surface area (Å²) in [4.78, 5) is 31.4. The molecule has 0 spiro atoms. The number of benzene rings is 2. The van der Waals surface area contributed by atoms with Crippen molar-refractivity contribution in [1.29, 1.82) is 0 Å². The second kappa shape index (κ2) is 10.5. The minimum absolute atomic E-state index is 0.0156. The van der Waals surface area contributed by atoms with Gasteiger partial charge in [-0.2, -0.15) is 26.3 Å². The normalized spacial score (nSPS) is 23.1. The topological polar surface area (TPSA) is 43.9 Å². The molecule has 2 atom stereocenters. The lowest BCUT2D eigenvalue weighted by Crippen LogP contribution is -2.57. The number of carbonyl (C=O) groups is 2. The highest BCUT2D eigenvalue weighted by atomic mass is 19.4. The Hall–Kier alpha value is -3.08. The van der Waals surface area contributed by atoms with Crippen molar-refractivity contribution in [3.8, 4) is 0 Å². The SMILES string of the molecule is O=C(c1cc(C(F)(F)F)cc(C(F)(F)F)c1)N1CC[C@H](N2CCN(C(=O)C3CC3)CC2)[C@H](c2ccccc2)C1. The van der Waals surface area contributed by atoms with E-state index in [1.807, 2.05) is 35.2 Å². The Labute approximate surface area is 222 Å². The van der Waals surface area contributed by atoms with E-state index in [1.54, 1.807) is 0 Å². The number of rotatable bonds is 4. The fourth-order valence-corrected chi connectivity index (χ4v) is 5.71. The molecule has 0 bridgehead atoms. The molecule has 0 unspecified atom stereocenters. The molecule has 210 valence electrons. The molecule has 2 aliphatic heterocycles. The Morgan fingerprint density at radius 3 is 1.85 bits per heavy atom. The smallest absolute Gasteiger partial charge is 0.340 e. The van der Waals surface area contributed by atoms with E-state index < -0.39 is 35.0 Å². The largest absolute Gasteiger partial charge is 0.416 e. The van der Waals surface area contributed by atoms with Crippen LogP contribution >= 0.6 is 0 Å². The summed E-state index contributed by atoms with van der Waals surface area (Å²) in [6, 6.07) is 10.5. The van der Waals surface area contributed by atoms with Gasteiger partial charge in [-0.15, -0.1) is 0 Å². The Kier molecular flexibility index (Phi) is 7.39. The van der Waals surface area contributed by atoms with Crippen molar-refractivity contribution >= 4 is 11.8 Å². The van der Waals surface area contributed by atoms with Crippen molar-refractivity contribution in [2.75, 3.05) is 39.3 Å². The van der Waals surface area contributed by atoms with Gasteiger partial charge in [0.1, 0.15) is 0 Å². The number of carbonyl (C=O) groups excluding carboxylic acids is 2. The molecule has 3 aliphatic rings. The minimum Gasteiger partial charge on any atom is -0.340 e. The van der Waals surface area contributed by atoms with Gasteiger partial charge in [-0.1, -0.05) is 30.3 Å². The molecule has 2 amide bonds. The first kappa shape index (κ1) is 27.5. The van der Waals surface area contributed by atoms with Crippen LogP contribution in [-0.4, -0.2) is 71.8 Å². The molecule has 1 aliphatic carbocycles. The molecule has 5 rings (SSSR count). The summed E-state index contributed by atoms with van der Waals surface area (Å²) < 4.78 is 80.3. The van der Waals surface area contributed by atoms with Crippen LogP contribution in [0.4, 0.5) is 26.3 Å². The maximum absolute atomic E-state index is 13.4. The van der Waals surface area contributed by atoms with Crippen molar-refractivity contribution in [3.05, 3.63) is 70.8 Å². The lowest BCUT2D eigenvalue weighted by molar-refractivity contribution is -0.143. The monoisotopic (exact) mass is 553 g/mol. The number of amides is 2. The molecule has 1 saturated carbocycles. The first-order valence-corrected chi connectivity index (χ1v) is 13.1. The van der Waals surface area contributed by atoms with Crippen LogP contribution < -0.4 is 0 Å². The lowest BCUT2D eigenvalue weighted by atomic mass is 9.84. The van der Waals surface area contributed by atoms with Gasteiger partial charge in [0.25, 0.3) is 5.91 Å². The number of hydrogen-bond donors (Lipinski definition) is 0. The molecule has 0 aromatic heterocycles. The average Bonchev–Trinajstić information content (AvgIpc) is 3.77. The van der Waals surface area contributed by atoms with Crippen molar-refractivity contribution in [2.24, 2.45) is 5.92 Å². The summed E-state index contributed by atoms with van der Waals surface area (Å²) in [7, 11) is 0. The predicted molar refractivity (Wildman–Crippen MR) is 131 cm³/mol. The third-order valence-electron chi connectivity index (χ3n) is 7.95. The molecular formula is C28H29F6N3O2. The zero-order valence-electron chi connectivity index (χ0n) is 21.1. The van der Waals surface area contributed by atoms with Crippen LogP contribution in [0.1, 0.15) is 52.2 Å². The van der Waals surface area contributed by atoms with Crippen molar-refractivity contribution in [2.45, 2.75) is 43.6 Å². The number of alkyl halides is 6. The molecule has 2 saturated heterocycles. The predicted octanol–water partition coefficient (Wildman–Crippen LogP) is 5.28. The summed E-state index contributed by atoms with van der Waals surface area (Å²) >= 11 is 0. The van der Waals surface area contributed by atoms with E-state index in [4.69, 9.17) is 0 Å². The maximum atomic E-state index is 13.4. The number of likely N-dealkylation sites (tertiary alicyclic amines) is 1. The standard InChI is InChI=1S/C28H29F6N3O2/c29-27(30,31)21-14-20(15-22(16-21)28(32,33)34)26(39)37-9-8-24(23(17-37)18-4-2-1-3-5-18)35-10-12-36(13-11-35)25(38)19-6-7-19/h1-5,14-16,19,23-24H,6-13,17H2/t23-,24-/m0/s1. The molecular weight excluding hydrogens is 524 g/mol. The van der Waals surface area contributed by atoms with Crippen LogP contribution in [0.2, 0.25) is 0 Å². The van der Waals surface area contributed by atoms with Gasteiger partial charge in [-0.25, -0.2) is 0 Å². The van der Waals surface area contributed by atoms with Gasteiger partial charge in [-0.3, -0.25) is 14.5 Å². The highest BCUT2D eigenvalue weighted by molar-refractivity contribution is 5.95. The van der Waals surface area contributed by atoms with Gasteiger partial charge in [0, 0.05) is 62.7 Å². The van der Waals surface area contributed by atoms with Crippen LogP contribution in [-0.2, 0) is 17.1 Å². The summed E-state index contributed by atoms with van der Waals surface area (Å²) in [5.41, 5.74) is -2.70. The highest BCUT2D eigenvalue weighted by Gasteiger charge is 2.41. The number of piperidine rings is 1. The number of nitrogens with zero attached hydrogens (tertiary/aromatic N) is 3. The summed E-state index contributed by atoms with van der Waals surface area (Å²) in [5, 5.41) is 0. The van der Waals surface area contributed by atoms with Gasteiger partial charge in [-0.05, 0) is 43.0 Å². The van der Waals surface area contributed by atoms with Gasteiger partial charge in [0.2, 0.25) is 5.91 Å².